The molecule has 0 radical (unpaired) electrons. The van der Waals surface area contributed by atoms with Gasteiger partial charge in [-0.15, -0.1) is 0 Å². The Kier molecular flexibility index (Phi) is 5.91. The van der Waals surface area contributed by atoms with Crippen LogP contribution in [-0.4, -0.2) is 20.6 Å². The minimum atomic E-state index is -0.405. The first-order valence-electron chi connectivity index (χ1n) is 10.4. The van der Waals surface area contributed by atoms with Crippen molar-refractivity contribution >= 4 is 11.6 Å². The molecule has 1 amide bonds. The van der Waals surface area contributed by atoms with Crippen LogP contribution in [0, 0.1) is 33.5 Å². The van der Waals surface area contributed by atoms with E-state index in [2.05, 4.69) is 15.5 Å². The highest BCUT2D eigenvalue weighted by Gasteiger charge is 2.20. The van der Waals surface area contributed by atoms with Gasteiger partial charge in [-0.3, -0.25) is 9.59 Å². The molecule has 33 heavy (non-hydrogen) atoms. The molecule has 0 atom stereocenters. The van der Waals surface area contributed by atoms with Crippen molar-refractivity contribution in [3.63, 3.8) is 0 Å². The van der Waals surface area contributed by atoms with Crippen molar-refractivity contribution in [2.75, 3.05) is 5.32 Å². The number of carbonyl (C=O) groups is 1. The third-order valence-electron chi connectivity index (χ3n) is 5.63. The van der Waals surface area contributed by atoms with Crippen LogP contribution in [0.4, 0.5) is 10.1 Å². The van der Waals surface area contributed by atoms with Crippen LogP contribution in [0.5, 0.6) is 0 Å². The molecule has 8 heteroatoms. The Balaban J connectivity index is 1.65. The summed E-state index contributed by atoms with van der Waals surface area (Å²) in [4.78, 5) is 30.4. The number of anilines is 1. The molecule has 0 fully saturated rings. The molecule has 0 aliphatic rings. The first-order chi connectivity index (χ1) is 15.7. The second kappa shape index (κ2) is 8.82. The number of nitrogens with zero attached hydrogens (tertiary/aromatic N) is 3. The van der Waals surface area contributed by atoms with Gasteiger partial charge < -0.3 is 14.4 Å². The predicted molar refractivity (Wildman–Crippen MR) is 123 cm³/mol. The quantitative estimate of drug-likeness (QED) is 0.485. The number of pyridine rings is 1. The van der Waals surface area contributed by atoms with Gasteiger partial charge in [0, 0.05) is 16.9 Å². The highest BCUT2D eigenvalue weighted by Crippen LogP contribution is 2.23. The molecule has 0 saturated heterocycles. The van der Waals surface area contributed by atoms with Crippen molar-refractivity contribution in [2.24, 2.45) is 0 Å². The summed E-state index contributed by atoms with van der Waals surface area (Å²) in [6.45, 7) is 7.27. The van der Waals surface area contributed by atoms with Crippen LogP contribution in [0.15, 0.2) is 57.8 Å². The van der Waals surface area contributed by atoms with Gasteiger partial charge in [0.25, 0.3) is 11.4 Å². The van der Waals surface area contributed by atoms with E-state index in [-0.39, 0.29) is 35.5 Å². The number of hydrogen-bond acceptors (Lipinski definition) is 5. The summed E-state index contributed by atoms with van der Waals surface area (Å²) >= 11 is 0. The lowest BCUT2D eigenvalue weighted by Gasteiger charge is -2.14. The molecule has 1 N–H and O–H groups in total. The molecule has 0 saturated carbocycles. The van der Waals surface area contributed by atoms with Crippen LogP contribution in [0.25, 0.3) is 22.8 Å². The van der Waals surface area contributed by atoms with Crippen LogP contribution in [0.3, 0.4) is 0 Å². The number of aryl methyl sites for hydroxylation is 3. The minimum Gasteiger partial charge on any atom is -0.333 e. The van der Waals surface area contributed by atoms with Gasteiger partial charge in [-0.25, -0.2) is 4.39 Å². The lowest BCUT2D eigenvalue weighted by Crippen LogP contribution is -2.31. The molecule has 2 aromatic carbocycles. The van der Waals surface area contributed by atoms with Gasteiger partial charge in [0.2, 0.25) is 11.7 Å². The smallest absolute Gasteiger partial charge is 0.264 e. The van der Waals surface area contributed by atoms with E-state index in [0.29, 0.717) is 22.5 Å². The van der Waals surface area contributed by atoms with Crippen molar-refractivity contribution in [3.05, 3.63) is 87.1 Å². The van der Waals surface area contributed by atoms with E-state index in [1.165, 1.54) is 28.8 Å². The number of aromatic nitrogens is 3. The summed E-state index contributed by atoms with van der Waals surface area (Å²) in [5, 5.41) is 6.80. The zero-order valence-corrected chi connectivity index (χ0v) is 18.8. The zero-order valence-electron chi connectivity index (χ0n) is 18.8. The lowest BCUT2D eigenvalue weighted by molar-refractivity contribution is -0.116. The molecular formula is C25H23FN4O3. The van der Waals surface area contributed by atoms with Gasteiger partial charge >= 0.3 is 0 Å². The molecule has 0 aliphatic heterocycles. The Labute approximate surface area is 189 Å². The largest absolute Gasteiger partial charge is 0.333 e. The van der Waals surface area contributed by atoms with E-state index in [4.69, 9.17) is 4.52 Å². The third-order valence-corrected chi connectivity index (χ3v) is 5.63. The number of halogens is 1. The van der Waals surface area contributed by atoms with Crippen molar-refractivity contribution < 1.29 is 13.7 Å². The summed E-state index contributed by atoms with van der Waals surface area (Å²) in [6.07, 6.45) is 0. The van der Waals surface area contributed by atoms with E-state index < -0.39 is 5.56 Å². The molecule has 4 aromatic rings. The number of carbonyl (C=O) groups excluding carboxylic acids is 1. The SMILES string of the molecule is Cc1cccc(NC(=O)Cn2c(C)cc(C)c(-c3nc(-c4ccc(F)cc4)no3)c2=O)c1C. The second-order valence-corrected chi connectivity index (χ2v) is 7.96. The highest BCUT2D eigenvalue weighted by atomic mass is 19.1. The van der Waals surface area contributed by atoms with Crippen LogP contribution in [0.1, 0.15) is 22.4 Å². The number of amides is 1. The van der Waals surface area contributed by atoms with Gasteiger partial charge in [-0.1, -0.05) is 17.3 Å². The number of nitrogens with one attached hydrogen (secondary N) is 1. The normalized spacial score (nSPS) is 10.9. The zero-order chi connectivity index (χ0) is 23.7. The molecule has 0 unspecified atom stereocenters. The summed E-state index contributed by atoms with van der Waals surface area (Å²) < 4.78 is 19.9. The average molecular weight is 446 g/mol. The van der Waals surface area contributed by atoms with Gasteiger partial charge in [-0.05, 0) is 80.8 Å². The Morgan fingerprint density at radius 1 is 1.06 bits per heavy atom. The minimum absolute atomic E-state index is 0.0421. The van der Waals surface area contributed by atoms with Crippen LogP contribution in [0.2, 0.25) is 0 Å². The Hall–Kier alpha value is -4.07. The molecule has 168 valence electrons. The molecule has 0 bridgehead atoms. The summed E-state index contributed by atoms with van der Waals surface area (Å²) in [5.41, 5.74) is 4.40. The van der Waals surface area contributed by atoms with Gasteiger partial charge in [0.15, 0.2) is 0 Å². The molecule has 4 rings (SSSR count). The topological polar surface area (TPSA) is 90.0 Å². The third kappa shape index (κ3) is 4.45. The molecule has 2 aromatic heterocycles. The maximum Gasteiger partial charge on any atom is 0.264 e. The fourth-order valence-corrected chi connectivity index (χ4v) is 3.64. The summed E-state index contributed by atoms with van der Waals surface area (Å²) in [7, 11) is 0. The average Bonchev–Trinajstić information content (AvgIpc) is 3.24. The molecule has 0 spiro atoms. The van der Waals surface area contributed by atoms with E-state index in [1.807, 2.05) is 32.0 Å². The fraction of sp³-hybridized carbons (Fsp3) is 0.200. The maximum absolute atomic E-state index is 13.3. The first-order valence-corrected chi connectivity index (χ1v) is 10.4. The monoisotopic (exact) mass is 446 g/mol. The second-order valence-electron chi connectivity index (χ2n) is 7.96. The maximum atomic E-state index is 13.3. The fourth-order valence-electron chi connectivity index (χ4n) is 3.64. The van der Waals surface area contributed by atoms with Crippen LogP contribution >= 0.6 is 0 Å². The van der Waals surface area contributed by atoms with Crippen molar-refractivity contribution in [2.45, 2.75) is 34.2 Å². The van der Waals surface area contributed by atoms with E-state index in [1.54, 1.807) is 19.9 Å². The van der Waals surface area contributed by atoms with Crippen molar-refractivity contribution in [1.29, 1.82) is 0 Å². The van der Waals surface area contributed by atoms with Crippen LogP contribution in [-0.2, 0) is 11.3 Å². The molecule has 0 aliphatic carbocycles. The van der Waals surface area contributed by atoms with Gasteiger partial charge in [0.05, 0.1) is 0 Å². The first kappa shape index (κ1) is 22.1. The summed E-state index contributed by atoms with van der Waals surface area (Å²) in [5.74, 6) is -0.413. The predicted octanol–water partition coefficient (Wildman–Crippen LogP) is 4.58. The van der Waals surface area contributed by atoms with E-state index in [0.717, 1.165) is 11.1 Å². The van der Waals surface area contributed by atoms with Gasteiger partial charge in [-0.2, -0.15) is 4.98 Å². The van der Waals surface area contributed by atoms with Crippen molar-refractivity contribution in [3.8, 4) is 22.8 Å². The number of hydrogen-bond donors (Lipinski definition) is 1. The highest BCUT2D eigenvalue weighted by molar-refractivity contribution is 5.91. The standard InChI is InChI=1S/C25H23FN4O3/c1-14-6-5-7-20(17(14)4)27-21(31)13-30-16(3)12-15(2)22(25(30)32)24-28-23(29-33-24)18-8-10-19(26)11-9-18/h5-12H,13H2,1-4H3,(H,27,31). The molecule has 2 heterocycles. The molecular weight excluding hydrogens is 423 g/mol. The summed E-state index contributed by atoms with van der Waals surface area (Å²) in [6, 6.07) is 13.1. The molecule has 7 nitrogen and oxygen atoms in total. The van der Waals surface area contributed by atoms with Crippen molar-refractivity contribution in [1.82, 2.24) is 14.7 Å². The Morgan fingerprint density at radius 3 is 2.52 bits per heavy atom. The van der Waals surface area contributed by atoms with Crippen LogP contribution < -0.4 is 10.9 Å². The lowest BCUT2D eigenvalue weighted by atomic mass is 10.1. The Bertz CT molecular complexity index is 1400. The number of benzene rings is 2. The van der Waals surface area contributed by atoms with E-state index in [9.17, 15) is 14.0 Å². The van der Waals surface area contributed by atoms with Gasteiger partial charge in [0.1, 0.15) is 17.9 Å². The number of rotatable bonds is 5. The van der Waals surface area contributed by atoms with E-state index >= 15 is 0 Å². The Morgan fingerprint density at radius 2 is 1.79 bits per heavy atom.